The number of carbonyl (C=O) groups is 5. The molecular formula is C54H104N6O12+2. The standard InChI is InChI=1S/5C9H17NO2.C9H15NO.H2O/c2*1-2-7(11)6-8-9(12)4-3-5-10-8;3*1-2-8(11)5-6-9(12)4-3-7-10;1-2-9(11)6-5-8-4-3-7-10-8;/h8-10,12H,2-6H2,1H3;6,8-12H,2-5H2,1H3;2-7,10H2,1H3;5-6,11-12H,2-4,7,10H2,1H3;5-6,9,12H,2-4,7,10H2,1H3;2-7H2,1H3;1H2/p+2/b;7-6-;;8-5-,9-6-;6-5-;;/t2*8-,9-;;;9-;;/m11..1../s1. The third kappa shape index (κ3) is 47.1. The van der Waals surface area contributed by atoms with E-state index in [9.17, 15) is 49.5 Å². The van der Waals surface area contributed by atoms with Crippen molar-refractivity contribution in [1.82, 2.24) is 5.32 Å². The van der Waals surface area contributed by atoms with Crippen LogP contribution in [-0.2, 0) is 24.0 Å². The minimum Gasteiger partial charge on any atom is -0.512 e. The van der Waals surface area contributed by atoms with Crippen molar-refractivity contribution in [3.05, 3.63) is 47.7 Å². The molecule has 0 spiro atoms. The van der Waals surface area contributed by atoms with Crippen LogP contribution in [0.25, 0.3) is 0 Å². The predicted octanol–water partition coefficient (Wildman–Crippen LogP) is 5.36. The summed E-state index contributed by atoms with van der Waals surface area (Å²) in [6.45, 7) is 15.8. The Hall–Kier alpha value is -3.98. The average molecular weight is 1030 g/mol. The Morgan fingerprint density at radius 1 is 0.694 bits per heavy atom. The first-order valence-corrected chi connectivity index (χ1v) is 26.6. The summed E-state index contributed by atoms with van der Waals surface area (Å²) in [6, 6.07) is 0.0740. The molecule has 0 aliphatic carbocycles. The summed E-state index contributed by atoms with van der Waals surface area (Å²) in [5.74, 6) is 1.88. The highest BCUT2D eigenvalue weighted by Crippen LogP contribution is 2.13. The van der Waals surface area contributed by atoms with Gasteiger partial charge in [0, 0.05) is 101 Å². The molecule has 2 fully saturated rings. The summed E-state index contributed by atoms with van der Waals surface area (Å²) in [6.07, 6.45) is 23.1. The molecule has 18 nitrogen and oxygen atoms in total. The lowest BCUT2D eigenvalue weighted by atomic mass is 9.96. The van der Waals surface area contributed by atoms with Gasteiger partial charge in [-0.3, -0.25) is 29.0 Å². The topological polar surface area (TPSA) is 357 Å². The molecule has 17 N–H and O–H groups in total. The number of nitrogens with two attached hydrogens (primary N) is 4. The highest BCUT2D eigenvalue weighted by molar-refractivity contribution is 5.90. The van der Waals surface area contributed by atoms with Crippen LogP contribution in [0.1, 0.15) is 191 Å². The molecule has 0 unspecified atom stereocenters. The van der Waals surface area contributed by atoms with E-state index in [2.05, 4.69) is 15.6 Å². The maximum atomic E-state index is 11.1. The van der Waals surface area contributed by atoms with Gasteiger partial charge in [-0.1, -0.05) is 47.6 Å². The van der Waals surface area contributed by atoms with Gasteiger partial charge in [0.25, 0.3) is 0 Å². The van der Waals surface area contributed by atoms with E-state index in [0.717, 1.165) is 77.4 Å². The van der Waals surface area contributed by atoms with Crippen LogP contribution in [0, 0.1) is 0 Å². The number of nitrogens with one attached hydrogen (secondary N) is 1. The fourth-order valence-electron chi connectivity index (χ4n) is 6.62. The molecule has 0 aromatic heterocycles. The van der Waals surface area contributed by atoms with Crippen LogP contribution in [0.3, 0.4) is 0 Å². The molecule has 18 heteroatoms. The van der Waals surface area contributed by atoms with Gasteiger partial charge in [0.15, 0.2) is 5.78 Å². The van der Waals surface area contributed by atoms with E-state index in [4.69, 9.17) is 22.3 Å². The number of Topliss-reactive ketones (excluding diaryl/α,β-unsaturated/α-hetero) is 4. The quantitative estimate of drug-likeness (QED) is 0.0280. The Labute approximate surface area is 434 Å². The smallest absolute Gasteiger partial charge is 0.512 e. The van der Waals surface area contributed by atoms with Crippen LogP contribution in [0.4, 0.5) is 0 Å². The molecule has 0 bridgehead atoms. The van der Waals surface area contributed by atoms with Gasteiger partial charge >= 0.3 is 1.43 Å². The van der Waals surface area contributed by atoms with Crippen LogP contribution in [-0.4, -0.2) is 140 Å². The van der Waals surface area contributed by atoms with Crippen LogP contribution < -0.4 is 27.8 Å². The highest BCUT2D eigenvalue weighted by Gasteiger charge is 2.25. The molecule has 420 valence electrons. The second-order valence-electron chi connectivity index (χ2n) is 17.7. The molecule has 3 aliphatic heterocycles. The lowest BCUT2D eigenvalue weighted by molar-refractivity contribution is -0.695. The first kappa shape index (κ1) is 74.5. The molecule has 3 aliphatic rings. The number of piperidine rings is 2. The number of aliphatic hydroxyl groups excluding tert-OH is 6. The lowest BCUT2D eigenvalue weighted by Gasteiger charge is -2.28. The number of hydrogen-bond acceptors (Lipinski definition) is 16. The maximum Gasteiger partial charge on any atom is 1.00 e. The number of ketones is 5. The Morgan fingerprint density at radius 2 is 1.26 bits per heavy atom. The van der Waals surface area contributed by atoms with Crippen molar-refractivity contribution >= 4 is 34.6 Å². The molecule has 5 atom stereocenters. The van der Waals surface area contributed by atoms with Crippen LogP contribution in [0.5, 0.6) is 0 Å². The number of hydrogen-bond donors (Lipinski definition) is 11. The minimum atomic E-state index is -0.524. The van der Waals surface area contributed by atoms with E-state index >= 15 is 0 Å². The second kappa shape index (κ2) is 51.9. The average Bonchev–Trinajstić information content (AvgIpc) is 3.92. The summed E-state index contributed by atoms with van der Waals surface area (Å²) < 4.78 is 0. The van der Waals surface area contributed by atoms with Crippen molar-refractivity contribution in [3.8, 4) is 0 Å². The van der Waals surface area contributed by atoms with Gasteiger partial charge in [-0.25, -0.2) is 0 Å². The molecule has 72 heavy (non-hydrogen) atoms. The number of rotatable bonds is 27. The largest absolute Gasteiger partial charge is 1.00 e. The number of allylic oxidation sites excluding steroid dienone is 6. The van der Waals surface area contributed by atoms with Gasteiger partial charge in [-0.15, -0.1) is 0 Å². The second-order valence-corrected chi connectivity index (χ2v) is 17.7. The maximum absolute atomic E-state index is 11.1. The van der Waals surface area contributed by atoms with Crippen molar-refractivity contribution < 1.29 is 66.8 Å². The Balaban J connectivity index is -0.000000252. The molecular weight excluding hydrogens is 925 g/mol. The molecule has 3 rings (SSSR count). The van der Waals surface area contributed by atoms with Gasteiger partial charge in [-0.2, -0.15) is 0 Å². The summed E-state index contributed by atoms with van der Waals surface area (Å²) in [7, 11) is 0. The van der Waals surface area contributed by atoms with E-state index in [1.165, 1.54) is 36.4 Å². The first-order valence-electron chi connectivity index (χ1n) is 26.6. The van der Waals surface area contributed by atoms with Gasteiger partial charge in [0.05, 0.1) is 36.0 Å². The Bertz CT molecular complexity index is 1580. The van der Waals surface area contributed by atoms with E-state index in [0.29, 0.717) is 115 Å². The summed E-state index contributed by atoms with van der Waals surface area (Å²) in [5.41, 5.74) is 17.0. The Kier molecular flexibility index (Phi) is 53.7. The fraction of sp³-hybridized carbons (Fsp3) is 0.741. The van der Waals surface area contributed by atoms with Gasteiger partial charge in [0.2, 0.25) is 0 Å². The van der Waals surface area contributed by atoms with Crippen molar-refractivity contribution in [1.29, 1.82) is 0 Å². The zero-order valence-corrected chi connectivity index (χ0v) is 45.3. The van der Waals surface area contributed by atoms with E-state index < -0.39 is 6.10 Å². The van der Waals surface area contributed by atoms with Crippen molar-refractivity contribution in [2.45, 2.75) is 220 Å². The normalized spacial score (nSPS) is 19.1. The number of aliphatic hydroxyl groups is 6. The van der Waals surface area contributed by atoms with Crippen molar-refractivity contribution in [2.24, 2.45) is 22.2 Å². The van der Waals surface area contributed by atoms with Gasteiger partial charge < -0.3 is 63.9 Å². The van der Waals surface area contributed by atoms with Gasteiger partial charge in [-0.05, 0) is 115 Å². The third-order valence-corrected chi connectivity index (χ3v) is 11.5. The van der Waals surface area contributed by atoms with Crippen LogP contribution in [0.15, 0.2) is 52.6 Å². The number of carbonyl (C=O) groups excluding carboxylic acids is 5. The summed E-state index contributed by atoms with van der Waals surface area (Å²) >= 11 is 0. The Morgan fingerprint density at radius 3 is 1.79 bits per heavy atom. The van der Waals surface area contributed by atoms with Crippen molar-refractivity contribution in [2.75, 3.05) is 39.3 Å². The lowest BCUT2D eigenvalue weighted by Crippen LogP contribution is -2.93. The molecule has 0 aromatic carbocycles. The SMILES string of the molecule is CC/C(O)=C/C=C(\O)CCCN.CC/C(O)=C/[C@H]1[NH2+]CCC[C@H]1O.CCC(=O)/C=C\[C@H](O)CCCN.CCC(=O)CCC(=O)CCCN.CCC(=O)CCC1=NCCC1.CCC(=O)C[C@H]1NCCC[C@H]1O.O.[H+]. The number of aliphatic imine (C=N–C) groups is 1. The fourth-order valence-corrected chi connectivity index (χ4v) is 6.62. The molecule has 2 saturated heterocycles. The minimum absolute atomic E-state index is 0. The summed E-state index contributed by atoms with van der Waals surface area (Å²) in [5, 5.41) is 60.9. The van der Waals surface area contributed by atoms with E-state index in [-0.39, 0.29) is 65.8 Å². The molecule has 0 amide bonds. The molecule has 0 aromatic rings. The molecule has 0 radical (unpaired) electrons. The van der Waals surface area contributed by atoms with Crippen LogP contribution >= 0.6 is 0 Å². The van der Waals surface area contributed by atoms with Gasteiger partial charge in [0.1, 0.15) is 35.3 Å². The summed E-state index contributed by atoms with van der Waals surface area (Å²) in [4.78, 5) is 58.9. The zero-order valence-electron chi connectivity index (χ0n) is 46.3. The van der Waals surface area contributed by atoms with E-state index in [1.54, 1.807) is 13.0 Å². The number of nitrogens with zero attached hydrogens (tertiary/aromatic N) is 1. The van der Waals surface area contributed by atoms with Crippen molar-refractivity contribution in [3.63, 3.8) is 0 Å². The number of quaternary nitrogens is 1. The molecule has 0 saturated carbocycles. The van der Waals surface area contributed by atoms with Crippen LogP contribution in [0.2, 0.25) is 0 Å². The molecule has 3 heterocycles. The first-order chi connectivity index (χ1) is 33.9. The predicted molar refractivity (Wildman–Crippen MR) is 291 cm³/mol. The van der Waals surface area contributed by atoms with E-state index in [1.807, 2.05) is 34.6 Å². The third-order valence-electron chi connectivity index (χ3n) is 11.5. The zero-order chi connectivity index (χ0) is 54.2. The monoisotopic (exact) mass is 1030 g/mol. The highest BCUT2D eigenvalue weighted by atomic mass is 16.3.